The second-order valence-electron chi connectivity index (χ2n) is 9.35. The molecule has 38 heavy (non-hydrogen) atoms. The van der Waals surface area contributed by atoms with E-state index in [-0.39, 0.29) is 4.90 Å². The largest absolute Gasteiger partial charge is 0.496 e. The number of methoxy groups -OCH3 is 1. The molecule has 1 aliphatic rings. The predicted octanol–water partition coefficient (Wildman–Crippen LogP) is 3.98. The number of carbonyl (C=O) groups is 1. The van der Waals surface area contributed by atoms with Crippen LogP contribution >= 0.6 is 0 Å². The Balaban J connectivity index is 1.57. The van der Waals surface area contributed by atoms with Crippen molar-refractivity contribution in [1.82, 2.24) is 19.7 Å². The van der Waals surface area contributed by atoms with Crippen molar-refractivity contribution in [1.29, 1.82) is 0 Å². The molecule has 1 fully saturated rings. The van der Waals surface area contributed by atoms with Crippen LogP contribution in [-0.2, 0) is 20.2 Å². The number of benzene rings is 2. The van der Waals surface area contributed by atoms with Gasteiger partial charge >= 0.3 is 0 Å². The molecule has 2 aromatic heterocycles. The maximum atomic E-state index is 14.0. The van der Waals surface area contributed by atoms with Crippen molar-refractivity contribution in [3.05, 3.63) is 83.4 Å². The molecule has 2 heterocycles. The molecule has 4 aromatic rings. The first kappa shape index (κ1) is 25.6. The number of aryl methyl sites for hydroxylation is 2. The van der Waals surface area contributed by atoms with Crippen LogP contribution in [0.5, 0.6) is 11.6 Å². The van der Waals surface area contributed by atoms with E-state index in [1.54, 1.807) is 36.5 Å². The first-order valence-corrected chi connectivity index (χ1v) is 13.7. The van der Waals surface area contributed by atoms with Crippen molar-refractivity contribution in [2.75, 3.05) is 13.7 Å². The number of nitrogens with one attached hydrogen (secondary N) is 1. The highest BCUT2D eigenvalue weighted by Gasteiger charge is 2.64. The minimum atomic E-state index is -4.24. The topological polar surface area (TPSA) is 120 Å². The zero-order valence-electron chi connectivity index (χ0n) is 21.6. The number of amides is 1. The summed E-state index contributed by atoms with van der Waals surface area (Å²) in [4.78, 5) is 27.2. The van der Waals surface area contributed by atoms with Crippen LogP contribution in [0.25, 0.3) is 10.9 Å². The third kappa shape index (κ3) is 4.45. The SMILES string of the molecule is CCOc1cnc([C@H]2C[C@@]2(C(=O)NS(=O)(=O)c2cccc3nc(C)ccc23)c2cc(C)ccc2OC)cn1. The van der Waals surface area contributed by atoms with Crippen molar-refractivity contribution >= 4 is 26.8 Å². The van der Waals surface area contributed by atoms with Crippen molar-refractivity contribution in [3.8, 4) is 11.6 Å². The van der Waals surface area contributed by atoms with Crippen LogP contribution in [0.4, 0.5) is 0 Å². The number of rotatable bonds is 8. The number of fused-ring (bicyclic) bond motifs is 1. The van der Waals surface area contributed by atoms with Gasteiger partial charge in [-0.25, -0.2) is 18.1 Å². The van der Waals surface area contributed by atoms with Gasteiger partial charge in [0.05, 0.1) is 47.6 Å². The van der Waals surface area contributed by atoms with Gasteiger partial charge in [-0.2, -0.15) is 0 Å². The lowest BCUT2D eigenvalue weighted by molar-refractivity contribution is -0.122. The molecule has 0 saturated heterocycles. The van der Waals surface area contributed by atoms with Crippen LogP contribution in [0.1, 0.15) is 41.8 Å². The quantitative estimate of drug-likeness (QED) is 0.362. The molecule has 1 amide bonds. The Kier molecular flexibility index (Phi) is 6.52. The predicted molar refractivity (Wildman–Crippen MR) is 142 cm³/mol. The normalized spacial score (nSPS) is 18.7. The zero-order chi connectivity index (χ0) is 27.1. The van der Waals surface area contributed by atoms with Crippen LogP contribution in [0, 0.1) is 13.8 Å². The van der Waals surface area contributed by atoms with Gasteiger partial charge in [-0.1, -0.05) is 23.8 Å². The van der Waals surface area contributed by atoms with E-state index < -0.39 is 27.3 Å². The molecule has 1 saturated carbocycles. The first-order chi connectivity index (χ1) is 18.2. The summed E-state index contributed by atoms with van der Waals surface area (Å²) < 4.78 is 40.5. The number of sulfonamides is 1. The van der Waals surface area contributed by atoms with Gasteiger partial charge in [0.1, 0.15) is 5.75 Å². The fourth-order valence-electron chi connectivity index (χ4n) is 4.92. The Labute approximate surface area is 221 Å². The molecule has 1 aliphatic carbocycles. The highest BCUT2D eigenvalue weighted by Crippen LogP contribution is 2.62. The second kappa shape index (κ2) is 9.68. The van der Waals surface area contributed by atoms with Gasteiger partial charge in [-0.3, -0.25) is 14.8 Å². The van der Waals surface area contributed by atoms with Gasteiger partial charge in [0.15, 0.2) is 0 Å². The summed E-state index contributed by atoms with van der Waals surface area (Å²) in [6, 6.07) is 13.8. The summed E-state index contributed by atoms with van der Waals surface area (Å²) in [5, 5.41) is 0.435. The van der Waals surface area contributed by atoms with Gasteiger partial charge in [0.25, 0.3) is 10.0 Å². The summed E-state index contributed by atoms with van der Waals surface area (Å²) in [5.74, 6) is -0.190. The van der Waals surface area contributed by atoms with Gasteiger partial charge in [-0.15, -0.1) is 0 Å². The van der Waals surface area contributed by atoms with Gasteiger partial charge in [0, 0.05) is 22.6 Å². The molecule has 5 rings (SSSR count). The first-order valence-electron chi connectivity index (χ1n) is 12.2. The van der Waals surface area contributed by atoms with Gasteiger partial charge in [-0.05, 0) is 57.5 Å². The Morgan fingerprint density at radius 2 is 1.92 bits per heavy atom. The molecular weight excluding hydrogens is 504 g/mol. The van der Waals surface area contributed by atoms with Gasteiger partial charge in [0.2, 0.25) is 11.8 Å². The Morgan fingerprint density at radius 1 is 1.11 bits per heavy atom. The van der Waals surface area contributed by atoms with E-state index in [9.17, 15) is 13.2 Å². The van der Waals surface area contributed by atoms with E-state index in [1.165, 1.54) is 19.4 Å². The summed E-state index contributed by atoms with van der Waals surface area (Å²) in [6.07, 6.45) is 3.42. The number of nitrogens with zero attached hydrogens (tertiary/aromatic N) is 3. The summed E-state index contributed by atoms with van der Waals surface area (Å²) >= 11 is 0. The molecule has 9 nitrogen and oxygen atoms in total. The standard InChI is InChI=1S/C28H28N4O5S/c1-5-37-26-16-29-23(15-30-26)21-14-28(21,20-13-17(2)9-12-24(20)36-4)27(33)32-38(34,35)25-8-6-7-22-19(25)11-10-18(3)31-22/h6-13,15-16,21H,5,14H2,1-4H3,(H,32,33)/t21-,28-/m1/s1. The molecule has 0 bridgehead atoms. The molecule has 0 radical (unpaired) electrons. The molecule has 0 spiro atoms. The highest BCUT2D eigenvalue weighted by molar-refractivity contribution is 7.90. The Bertz CT molecular complexity index is 1640. The third-order valence-electron chi connectivity index (χ3n) is 6.85. The molecule has 2 aromatic carbocycles. The van der Waals surface area contributed by atoms with Crippen LogP contribution in [0.3, 0.4) is 0 Å². The Morgan fingerprint density at radius 3 is 2.63 bits per heavy atom. The van der Waals surface area contributed by atoms with E-state index in [1.807, 2.05) is 32.9 Å². The molecule has 10 heteroatoms. The van der Waals surface area contributed by atoms with E-state index in [4.69, 9.17) is 9.47 Å². The van der Waals surface area contributed by atoms with E-state index in [0.717, 1.165) is 11.3 Å². The third-order valence-corrected chi connectivity index (χ3v) is 8.24. The fourth-order valence-corrected chi connectivity index (χ4v) is 6.18. The van der Waals surface area contributed by atoms with E-state index in [0.29, 0.717) is 46.8 Å². The molecule has 1 N–H and O–H groups in total. The molecule has 0 aliphatic heterocycles. The number of ether oxygens (including phenoxy) is 2. The maximum Gasteiger partial charge on any atom is 0.264 e. The van der Waals surface area contributed by atoms with Crippen molar-refractivity contribution in [3.63, 3.8) is 0 Å². The van der Waals surface area contributed by atoms with Crippen LogP contribution < -0.4 is 14.2 Å². The lowest BCUT2D eigenvalue weighted by Gasteiger charge is -2.21. The fraction of sp³-hybridized carbons (Fsp3) is 0.286. The number of carbonyl (C=O) groups excluding carboxylic acids is 1. The van der Waals surface area contributed by atoms with Crippen molar-refractivity contribution in [2.24, 2.45) is 0 Å². The van der Waals surface area contributed by atoms with E-state index >= 15 is 0 Å². The Hall–Kier alpha value is -4.05. The molecular formula is C28H28N4O5S. The number of aromatic nitrogens is 3. The maximum absolute atomic E-state index is 14.0. The average Bonchev–Trinajstić information content (AvgIpc) is 3.65. The molecule has 2 atom stereocenters. The smallest absolute Gasteiger partial charge is 0.264 e. The average molecular weight is 533 g/mol. The number of pyridine rings is 1. The van der Waals surface area contributed by atoms with Crippen molar-refractivity contribution < 1.29 is 22.7 Å². The molecule has 196 valence electrons. The zero-order valence-corrected chi connectivity index (χ0v) is 22.4. The molecule has 0 unspecified atom stereocenters. The van der Waals surface area contributed by atoms with Crippen LogP contribution in [0.15, 0.2) is 65.8 Å². The van der Waals surface area contributed by atoms with E-state index in [2.05, 4.69) is 19.7 Å². The minimum Gasteiger partial charge on any atom is -0.496 e. The monoisotopic (exact) mass is 532 g/mol. The number of hydrogen-bond acceptors (Lipinski definition) is 8. The number of hydrogen-bond donors (Lipinski definition) is 1. The lowest BCUT2D eigenvalue weighted by atomic mass is 9.89. The summed E-state index contributed by atoms with van der Waals surface area (Å²) in [6.45, 7) is 6.04. The van der Waals surface area contributed by atoms with Crippen LogP contribution in [-0.4, -0.2) is 43.0 Å². The lowest BCUT2D eigenvalue weighted by Crippen LogP contribution is -2.40. The summed E-state index contributed by atoms with van der Waals surface area (Å²) in [5.41, 5.74) is 2.15. The highest BCUT2D eigenvalue weighted by atomic mass is 32.2. The second-order valence-corrected chi connectivity index (χ2v) is 11.0. The van der Waals surface area contributed by atoms with Crippen LogP contribution in [0.2, 0.25) is 0 Å². The van der Waals surface area contributed by atoms with Gasteiger partial charge < -0.3 is 9.47 Å². The summed E-state index contributed by atoms with van der Waals surface area (Å²) in [7, 11) is -2.71. The minimum absolute atomic E-state index is 0.0136. The van der Waals surface area contributed by atoms with Crippen molar-refractivity contribution in [2.45, 2.75) is 43.4 Å².